The monoisotopic (exact) mass is 396 g/mol. The number of hydrogen-bond donors (Lipinski definition) is 0. The Kier molecular flexibility index (Phi) is 5.26. The molecular weight excluding hydrogens is 372 g/mol. The lowest BCUT2D eigenvalue weighted by Gasteiger charge is -2.32. The zero-order valence-corrected chi connectivity index (χ0v) is 17.3. The first-order chi connectivity index (χ1) is 13.6. The molecule has 0 radical (unpaired) electrons. The number of thiophene rings is 1. The fourth-order valence-electron chi connectivity index (χ4n) is 3.79. The van der Waals surface area contributed by atoms with E-state index in [2.05, 4.69) is 16.6 Å². The molecule has 0 aliphatic carbocycles. The summed E-state index contributed by atoms with van der Waals surface area (Å²) in [4.78, 5) is 25.7. The van der Waals surface area contributed by atoms with Crippen molar-refractivity contribution < 1.29 is 9.32 Å². The molecule has 1 atom stereocenters. The Balaban J connectivity index is 1.59. The van der Waals surface area contributed by atoms with Crippen LogP contribution in [0.5, 0.6) is 0 Å². The van der Waals surface area contributed by atoms with Crippen molar-refractivity contribution in [2.75, 3.05) is 13.1 Å². The first-order valence-corrected chi connectivity index (χ1v) is 10.6. The largest absolute Gasteiger partial charge is 0.360 e. The second-order valence-electron chi connectivity index (χ2n) is 7.24. The number of nitrogens with zero attached hydrogens (tertiary/aromatic N) is 4. The van der Waals surface area contributed by atoms with Gasteiger partial charge >= 0.3 is 0 Å². The Morgan fingerprint density at radius 3 is 2.96 bits per heavy atom. The van der Waals surface area contributed by atoms with Crippen LogP contribution in [0.15, 0.2) is 28.1 Å². The Morgan fingerprint density at radius 1 is 1.36 bits per heavy atom. The van der Waals surface area contributed by atoms with Crippen LogP contribution in [-0.4, -0.2) is 39.0 Å². The fraction of sp³-hybridized carbons (Fsp3) is 0.429. The van der Waals surface area contributed by atoms with E-state index in [0.29, 0.717) is 30.0 Å². The van der Waals surface area contributed by atoms with Gasteiger partial charge in [0.15, 0.2) is 0 Å². The SMILES string of the molecule is CCc1onc(C)c1C(=O)N1CCCC(c2nc(C)cc(-c3cccs3)n2)C1. The van der Waals surface area contributed by atoms with Gasteiger partial charge in [0, 0.05) is 31.1 Å². The normalized spacial score (nSPS) is 17.1. The second kappa shape index (κ2) is 7.83. The number of hydrogen-bond acceptors (Lipinski definition) is 6. The molecule has 0 N–H and O–H groups in total. The molecule has 0 bridgehead atoms. The third kappa shape index (κ3) is 3.58. The second-order valence-corrected chi connectivity index (χ2v) is 8.19. The number of likely N-dealkylation sites (tertiary alicyclic amines) is 1. The molecule has 7 heteroatoms. The highest BCUT2D eigenvalue weighted by Gasteiger charge is 2.30. The summed E-state index contributed by atoms with van der Waals surface area (Å²) < 4.78 is 5.32. The summed E-state index contributed by atoms with van der Waals surface area (Å²) in [5, 5.41) is 6.04. The molecular formula is C21H24N4O2S. The molecule has 1 aliphatic heterocycles. The van der Waals surface area contributed by atoms with Crippen molar-refractivity contribution >= 4 is 17.2 Å². The summed E-state index contributed by atoms with van der Waals surface area (Å²) in [5.74, 6) is 1.64. The van der Waals surface area contributed by atoms with Gasteiger partial charge < -0.3 is 9.42 Å². The van der Waals surface area contributed by atoms with E-state index < -0.39 is 0 Å². The highest BCUT2D eigenvalue weighted by molar-refractivity contribution is 7.13. The van der Waals surface area contributed by atoms with Crippen molar-refractivity contribution in [3.05, 3.63) is 52.1 Å². The van der Waals surface area contributed by atoms with E-state index in [0.717, 1.165) is 41.5 Å². The Bertz CT molecular complexity index is 980. The number of carbonyl (C=O) groups is 1. The van der Waals surface area contributed by atoms with Crippen LogP contribution in [0.2, 0.25) is 0 Å². The smallest absolute Gasteiger partial charge is 0.259 e. The van der Waals surface area contributed by atoms with E-state index >= 15 is 0 Å². The van der Waals surface area contributed by atoms with Crippen molar-refractivity contribution in [3.63, 3.8) is 0 Å². The number of piperidine rings is 1. The van der Waals surface area contributed by atoms with E-state index in [1.165, 1.54) is 0 Å². The first-order valence-electron chi connectivity index (χ1n) is 9.70. The van der Waals surface area contributed by atoms with Gasteiger partial charge in [0.05, 0.1) is 16.3 Å². The Hall–Kier alpha value is -2.54. The standard InChI is InChI=1S/C21H24N4O2S/c1-4-17-19(14(3)24-27-17)21(26)25-9-5-7-15(12-25)20-22-13(2)11-16(23-20)18-8-6-10-28-18/h6,8,10-11,15H,4-5,7,9,12H2,1-3H3. The van der Waals surface area contributed by atoms with Gasteiger partial charge in [-0.1, -0.05) is 18.1 Å². The van der Waals surface area contributed by atoms with Crippen molar-refractivity contribution in [2.24, 2.45) is 0 Å². The minimum Gasteiger partial charge on any atom is -0.360 e. The third-order valence-corrected chi connectivity index (χ3v) is 6.08. The minimum atomic E-state index is 0.00596. The van der Waals surface area contributed by atoms with Crippen molar-refractivity contribution in [1.82, 2.24) is 20.0 Å². The molecule has 0 aromatic carbocycles. The van der Waals surface area contributed by atoms with Crippen LogP contribution >= 0.6 is 11.3 Å². The number of amides is 1. The van der Waals surface area contributed by atoms with Gasteiger partial charge in [0.1, 0.15) is 17.1 Å². The van der Waals surface area contributed by atoms with Gasteiger partial charge in [-0.2, -0.15) is 0 Å². The van der Waals surface area contributed by atoms with Crippen LogP contribution < -0.4 is 0 Å². The minimum absolute atomic E-state index is 0.00596. The summed E-state index contributed by atoms with van der Waals surface area (Å²) in [7, 11) is 0. The molecule has 28 heavy (non-hydrogen) atoms. The molecule has 3 aromatic heterocycles. The van der Waals surface area contributed by atoms with Crippen LogP contribution in [0.1, 0.15) is 59.0 Å². The lowest BCUT2D eigenvalue weighted by atomic mass is 9.96. The molecule has 4 heterocycles. The van der Waals surface area contributed by atoms with E-state index in [9.17, 15) is 4.79 Å². The van der Waals surface area contributed by atoms with E-state index in [1.54, 1.807) is 11.3 Å². The lowest BCUT2D eigenvalue weighted by Crippen LogP contribution is -2.40. The Labute approximate surface area is 168 Å². The highest BCUT2D eigenvalue weighted by atomic mass is 32.1. The van der Waals surface area contributed by atoms with Crippen LogP contribution in [0.25, 0.3) is 10.6 Å². The first kappa shape index (κ1) is 18.8. The zero-order valence-electron chi connectivity index (χ0n) is 16.4. The molecule has 3 aromatic rings. The maximum atomic E-state index is 13.1. The van der Waals surface area contributed by atoms with Crippen molar-refractivity contribution in [1.29, 1.82) is 0 Å². The molecule has 6 nitrogen and oxygen atoms in total. The highest BCUT2D eigenvalue weighted by Crippen LogP contribution is 2.30. The molecule has 146 valence electrons. The number of aryl methyl sites for hydroxylation is 3. The summed E-state index contributed by atoms with van der Waals surface area (Å²) in [6.45, 7) is 7.17. The Morgan fingerprint density at radius 2 is 2.21 bits per heavy atom. The molecule has 1 fully saturated rings. The molecule has 1 amide bonds. The number of rotatable bonds is 4. The summed E-state index contributed by atoms with van der Waals surface area (Å²) in [5.41, 5.74) is 3.20. The predicted molar refractivity (Wildman–Crippen MR) is 109 cm³/mol. The van der Waals surface area contributed by atoms with Crippen molar-refractivity contribution in [2.45, 2.75) is 46.0 Å². The van der Waals surface area contributed by atoms with Crippen molar-refractivity contribution in [3.8, 4) is 10.6 Å². The average molecular weight is 397 g/mol. The third-order valence-electron chi connectivity index (χ3n) is 5.19. The number of aromatic nitrogens is 3. The van der Waals surface area contributed by atoms with E-state index in [4.69, 9.17) is 14.5 Å². The van der Waals surface area contributed by atoms with Gasteiger partial charge in [-0.25, -0.2) is 9.97 Å². The predicted octanol–water partition coefficient (Wildman–Crippen LogP) is 4.39. The summed E-state index contributed by atoms with van der Waals surface area (Å²) in [6, 6.07) is 6.13. The molecule has 4 rings (SSSR count). The fourth-order valence-corrected chi connectivity index (χ4v) is 4.47. The zero-order chi connectivity index (χ0) is 19.7. The van der Waals surface area contributed by atoms with Crippen LogP contribution in [0, 0.1) is 13.8 Å². The van der Waals surface area contributed by atoms with Gasteiger partial charge in [0.25, 0.3) is 5.91 Å². The number of carbonyl (C=O) groups excluding carboxylic acids is 1. The van der Waals surface area contributed by atoms with Gasteiger partial charge in [0.2, 0.25) is 0 Å². The maximum Gasteiger partial charge on any atom is 0.259 e. The molecule has 1 aliphatic rings. The summed E-state index contributed by atoms with van der Waals surface area (Å²) in [6.07, 6.45) is 2.58. The van der Waals surface area contributed by atoms with Crippen LogP contribution in [0.4, 0.5) is 0 Å². The molecule has 0 spiro atoms. The van der Waals surface area contributed by atoms with Gasteiger partial charge in [-0.05, 0) is 44.2 Å². The molecule has 1 saturated heterocycles. The molecule has 0 saturated carbocycles. The topological polar surface area (TPSA) is 72.1 Å². The van der Waals surface area contributed by atoms with Crippen LogP contribution in [0.3, 0.4) is 0 Å². The van der Waals surface area contributed by atoms with Crippen LogP contribution in [-0.2, 0) is 6.42 Å². The average Bonchev–Trinajstić information content (AvgIpc) is 3.37. The van der Waals surface area contributed by atoms with Gasteiger partial charge in [-0.3, -0.25) is 4.79 Å². The van der Waals surface area contributed by atoms with E-state index in [1.807, 2.05) is 37.8 Å². The lowest BCUT2D eigenvalue weighted by molar-refractivity contribution is 0.0701. The van der Waals surface area contributed by atoms with E-state index in [-0.39, 0.29) is 11.8 Å². The molecule has 1 unspecified atom stereocenters. The quantitative estimate of drug-likeness (QED) is 0.654. The van der Waals surface area contributed by atoms with Gasteiger partial charge in [-0.15, -0.1) is 11.3 Å². The maximum absolute atomic E-state index is 13.1. The summed E-state index contributed by atoms with van der Waals surface area (Å²) >= 11 is 1.68.